The summed E-state index contributed by atoms with van der Waals surface area (Å²) in [5.41, 5.74) is 0.756. The number of quaternary nitrogens is 1. The maximum Gasteiger partial charge on any atom is 0.0815 e. The van der Waals surface area contributed by atoms with Gasteiger partial charge in [-0.25, -0.2) is 0 Å². The fourth-order valence-electron chi connectivity index (χ4n) is 2.72. The van der Waals surface area contributed by atoms with E-state index in [1.807, 2.05) is 0 Å². The zero-order chi connectivity index (χ0) is 8.44. The summed E-state index contributed by atoms with van der Waals surface area (Å²) in [4.78, 5) is 2.59. The van der Waals surface area contributed by atoms with Crippen LogP contribution in [0.5, 0.6) is 0 Å². The van der Waals surface area contributed by atoms with E-state index in [1.54, 1.807) is 0 Å². The topological polar surface area (TPSA) is 19.9 Å². The van der Waals surface area contributed by atoms with Crippen LogP contribution in [-0.4, -0.2) is 37.6 Å². The number of likely N-dealkylation sites (tertiary alicyclic amines) is 1. The lowest BCUT2D eigenvalue weighted by molar-refractivity contribution is -0.641. The first-order valence-electron chi connectivity index (χ1n) is 5.39. The van der Waals surface area contributed by atoms with Gasteiger partial charge in [-0.2, -0.15) is 0 Å². The summed E-state index contributed by atoms with van der Waals surface area (Å²) < 4.78 is 0. The Bertz CT molecular complexity index is 140. The van der Waals surface area contributed by atoms with E-state index in [4.69, 9.17) is 0 Å². The fraction of sp³-hybridized carbons (Fsp3) is 1.00. The van der Waals surface area contributed by atoms with Crippen molar-refractivity contribution in [1.29, 1.82) is 0 Å². The van der Waals surface area contributed by atoms with Gasteiger partial charge >= 0.3 is 0 Å². The average Bonchev–Trinajstić information content (AvgIpc) is 2.55. The van der Waals surface area contributed by atoms with E-state index in [0.29, 0.717) is 0 Å². The summed E-state index contributed by atoms with van der Waals surface area (Å²) in [7, 11) is 0. The molecule has 2 heteroatoms. The lowest BCUT2D eigenvalue weighted by Gasteiger charge is -2.36. The highest BCUT2D eigenvalue weighted by Gasteiger charge is 2.39. The second-order valence-corrected chi connectivity index (χ2v) is 4.47. The molecule has 2 saturated heterocycles. The zero-order valence-electron chi connectivity index (χ0n) is 8.18. The summed E-state index contributed by atoms with van der Waals surface area (Å²) in [5, 5.41) is 2.50. The highest BCUT2D eigenvalue weighted by atomic mass is 15.1. The zero-order valence-corrected chi connectivity index (χ0v) is 8.18. The lowest BCUT2D eigenvalue weighted by atomic mass is 9.78. The monoisotopic (exact) mass is 169 g/mol. The van der Waals surface area contributed by atoms with Gasteiger partial charge in [-0.15, -0.1) is 0 Å². The second-order valence-electron chi connectivity index (χ2n) is 4.47. The molecule has 2 aliphatic heterocycles. The van der Waals surface area contributed by atoms with Gasteiger partial charge < -0.3 is 10.2 Å². The highest BCUT2D eigenvalue weighted by Crippen LogP contribution is 2.34. The van der Waals surface area contributed by atoms with Gasteiger partial charge in [-0.1, -0.05) is 6.92 Å². The number of piperidine rings is 1. The summed E-state index contributed by atoms with van der Waals surface area (Å²) in [5.74, 6) is 0. The summed E-state index contributed by atoms with van der Waals surface area (Å²) >= 11 is 0. The second kappa shape index (κ2) is 3.35. The number of nitrogens with two attached hydrogens (primary N) is 1. The van der Waals surface area contributed by atoms with Crippen LogP contribution in [0.4, 0.5) is 0 Å². The van der Waals surface area contributed by atoms with Crippen molar-refractivity contribution in [2.75, 3.05) is 32.7 Å². The van der Waals surface area contributed by atoms with Gasteiger partial charge in [-0.05, 0) is 32.5 Å². The quantitative estimate of drug-likeness (QED) is 0.588. The molecule has 12 heavy (non-hydrogen) atoms. The largest absolute Gasteiger partial charge is 0.346 e. The van der Waals surface area contributed by atoms with Gasteiger partial charge in [0.25, 0.3) is 0 Å². The molecule has 2 rings (SSSR count). The van der Waals surface area contributed by atoms with E-state index in [0.717, 1.165) is 5.41 Å². The molecular formula is C10H21N2+. The Kier molecular flexibility index (Phi) is 2.37. The van der Waals surface area contributed by atoms with Gasteiger partial charge in [-0.3, -0.25) is 0 Å². The van der Waals surface area contributed by atoms with Crippen molar-refractivity contribution < 1.29 is 5.32 Å². The minimum atomic E-state index is 0.756. The van der Waals surface area contributed by atoms with Gasteiger partial charge in [0, 0.05) is 11.8 Å². The first kappa shape index (κ1) is 8.52. The first-order valence-corrected chi connectivity index (χ1v) is 5.39. The standard InChI is InChI=1S/C10H20N2/c1-2-12-7-4-10(5-8-12)3-6-11-9-10/h11H,2-9H2,1H3/p+1. The Labute approximate surface area is 75.3 Å². The molecule has 2 heterocycles. The molecular weight excluding hydrogens is 148 g/mol. The van der Waals surface area contributed by atoms with E-state index >= 15 is 0 Å². The normalized spacial score (nSPS) is 29.8. The average molecular weight is 169 g/mol. The van der Waals surface area contributed by atoms with Crippen LogP contribution in [0.15, 0.2) is 0 Å². The molecule has 2 N–H and O–H groups in total. The third-order valence-electron chi connectivity index (χ3n) is 3.82. The predicted molar refractivity (Wildman–Crippen MR) is 50.1 cm³/mol. The Morgan fingerprint density at radius 1 is 1.25 bits per heavy atom. The molecule has 0 aromatic rings. The summed E-state index contributed by atoms with van der Waals surface area (Å²) in [6, 6.07) is 0. The smallest absolute Gasteiger partial charge is 0.0815 e. The Hall–Kier alpha value is -0.0800. The molecule has 1 spiro atoms. The number of hydrogen-bond acceptors (Lipinski definition) is 1. The highest BCUT2D eigenvalue weighted by molar-refractivity contribution is 4.86. The van der Waals surface area contributed by atoms with Crippen molar-refractivity contribution in [3.05, 3.63) is 0 Å². The minimum Gasteiger partial charge on any atom is -0.346 e. The Morgan fingerprint density at radius 2 is 2.00 bits per heavy atom. The molecule has 0 aliphatic carbocycles. The van der Waals surface area contributed by atoms with Gasteiger partial charge in [0.2, 0.25) is 0 Å². The molecule has 2 fully saturated rings. The Balaban J connectivity index is 1.88. The number of rotatable bonds is 1. The minimum absolute atomic E-state index is 0.756. The van der Waals surface area contributed by atoms with Crippen molar-refractivity contribution in [2.24, 2.45) is 5.41 Å². The molecule has 2 aliphatic rings. The van der Waals surface area contributed by atoms with Crippen LogP contribution in [0, 0.1) is 5.41 Å². The number of nitrogens with zero attached hydrogens (tertiary/aromatic N) is 1. The molecule has 0 aromatic heterocycles. The predicted octanol–water partition coefficient (Wildman–Crippen LogP) is 0.0556. The van der Waals surface area contributed by atoms with E-state index < -0.39 is 0 Å². The van der Waals surface area contributed by atoms with Crippen LogP contribution in [-0.2, 0) is 0 Å². The molecule has 0 unspecified atom stereocenters. The van der Waals surface area contributed by atoms with E-state index in [1.165, 1.54) is 52.0 Å². The molecule has 2 nitrogen and oxygen atoms in total. The first-order chi connectivity index (χ1) is 5.85. The van der Waals surface area contributed by atoms with Crippen molar-refractivity contribution >= 4 is 0 Å². The van der Waals surface area contributed by atoms with Gasteiger partial charge in [0.05, 0.1) is 13.1 Å². The maximum atomic E-state index is 2.59. The van der Waals surface area contributed by atoms with Crippen LogP contribution in [0.1, 0.15) is 26.2 Å². The summed E-state index contributed by atoms with van der Waals surface area (Å²) in [6.45, 7) is 9.02. The molecule has 0 amide bonds. The van der Waals surface area contributed by atoms with Crippen LogP contribution in [0.3, 0.4) is 0 Å². The molecule has 70 valence electrons. The van der Waals surface area contributed by atoms with Crippen LogP contribution < -0.4 is 5.32 Å². The van der Waals surface area contributed by atoms with E-state index in [-0.39, 0.29) is 0 Å². The third-order valence-corrected chi connectivity index (χ3v) is 3.82. The van der Waals surface area contributed by atoms with Gasteiger partial charge in [0.1, 0.15) is 0 Å². The maximum absolute atomic E-state index is 2.59. The molecule has 0 atom stereocenters. The Morgan fingerprint density at radius 3 is 2.50 bits per heavy atom. The molecule has 0 saturated carbocycles. The van der Waals surface area contributed by atoms with Gasteiger partial charge in [0.15, 0.2) is 0 Å². The summed E-state index contributed by atoms with van der Waals surface area (Å²) in [6.07, 6.45) is 4.39. The van der Waals surface area contributed by atoms with Crippen molar-refractivity contribution in [2.45, 2.75) is 26.2 Å². The van der Waals surface area contributed by atoms with Crippen LogP contribution >= 0.6 is 0 Å². The molecule has 0 aromatic carbocycles. The molecule has 0 radical (unpaired) electrons. The van der Waals surface area contributed by atoms with Crippen molar-refractivity contribution in [3.63, 3.8) is 0 Å². The third kappa shape index (κ3) is 1.50. The van der Waals surface area contributed by atoms with E-state index in [9.17, 15) is 0 Å². The van der Waals surface area contributed by atoms with Crippen LogP contribution in [0.2, 0.25) is 0 Å². The van der Waals surface area contributed by atoms with E-state index in [2.05, 4.69) is 17.1 Å². The fourth-order valence-corrected chi connectivity index (χ4v) is 2.72. The van der Waals surface area contributed by atoms with Crippen molar-refractivity contribution in [1.82, 2.24) is 4.90 Å². The number of hydrogen-bond donors (Lipinski definition) is 1. The molecule has 0 bridgehead atoms. The van der Waals surface area contributed by atoms with Crippen molar-refractivity contribution in [3.8, 4) is 0 Å². The van der Waals surface area contributed by atoms with Crippen LogP contribution in [0.25, 0.3) is 0 Å². The lowest BCUT2D eigenvalue weighted by Crippen LogP contribution is -2.82. The SMILES string of the molecule is CCN1CCC2(CC[NH2+]C2)CC1.